The van der Waals surface area contributed by atoms with Crippen LogP contribution in [0.15, 0.2) is 29.3 Å². The monoisotopic (exact) mass is 357 g/mol. The van der Waals surface area contributed by atoms with Gasteiger partial charge in [0, 0.05) is 5.69 Å². The third kappa shape index (κ3) is 3.41. The van der Waals surface area contributed by atoms with Crippen LogP contribution >= 0.6 is 11.5 Å². The zero-order chi connectivity index (χ0) is 18.1. The highest BCUT2D eigenvalue weighted by atomic mass is 32.1. The second kappa shape index (κ2) is 6.44. The minimum absolute atomic E-state index is 0.0380. The number of nitrogens with two attached hydrogens (primary N) is 1. The smallest absolute Gasteiger partial charge is 0.273 e. The molecule has 0 aliphatic carbocycles. The van der Waals surface area contributed by atoms with Gasteiger partial charge < -0.3 is 11.1 Å². The number of fused-ring (bicyclic) bond motifs is 1. The number of benzene rings is 1. The fraction of sp³-hybridized carbons (Fsp3) is 0.188. The lowest BCUT2D eigenvalue weighted by Crippen LogP contribution is -2.27. The van der Waals surface area contributed by atoms with Gasteiger partial charge in [-0.3, -0.25) is 19.0 Å². The lowest BCUT2D eigenvalue weighted by molar-refractivity contribution is -0.116. The molecule has 8 nitrogen and oxygen atoms in total. The Morgan fingerprint density at radius 1 is 1.24 bits per heavy atom. The average molecular weight is 357 g/mol. The summed E-state index contributed by atoms with van der Waals surface area (Å²) in [6.07, 6.45) is 1.21. The van der Waals surface area contributed by atoms with Gasteiger partial charge in [-0.15, -0.1) is 0 Å². The van der Waals surface area contributed by atoms with Gasteiger partial charge in [-0.1, -0.05) is 6.07 Å². The fourth-order valence-corrected chi connectivity index (χ4v) is 3.32. The van der Waals surface area contributed by atoms with Crippen LogP contribution in [0.5, 0.6) is 0 Å². The highest BCUT2D eigenvalue weighted by Gasteiger charge is 2.17. The molecule has 0 aliphatic rings. The largest absolute Gasteiger partial charge is 0.364 e. The molecule has 1 aromatic carbocycles. The topological polar surface area (TPSA) is 120 Å². The number of amides is 2. The predicted octanol–water partition coefficient (Wildman–Crippen LogP) is 1.21. The van der Waals surface area contributed by atoms with E-state index < -0.39 is 11.5 Å². The van der Waals surface area contributed by atoms with Crippen molar-refractivity contribution in [3.05, 3.63) is 51.7 Å². The molecule has 2 aromatic heterocycles. The Morgan fingerprint density at radius 3 is 2.56 bits per heavy atom. The SMILES string of the molecule is Cc1cc(C)cc(NC(=O)Cn2cnc3c(C(N)=O)nsc3c2=O)c1. The standard InChI is InChI=1S/C16H15N5O3S/c1-8-3-9(2)5-10(4-8)19-11(22)6-21-7-18-12-13(15(17)23)20-25-14(12)16(21)24/h3-5,7H,6H2,1-2H3,(H2,17,23)(H,19,22). The van der Waals surface area contributed by atoms with E-state index in [1.807, 2.05) is 32.0 Å². The van der Waals surface area contributed by atoms with Gasteiger partial charge >= 0.3 is 0 Å². The third-order valence-corrected chi connectivity index (χ3v) is 4.33. The maximum atomic E-state index is 12.4. The molecule has 0 unspecified atom stereocenters. The van der Waals surface area contributed by atoms with E-state index in [9.17, 15) is 14.4 Å². The maximum Gasteiger partial charge on any atom is 0.273 e. The number of hydrogen-bond donors (Lipinski definition) is 2. The molecule has 0 bridgehead atoms. The molecular weight excluding hydrogens is 342 g/mol. The van der Waals surface area contributed by atoms with Crippen molar-refractivity contribution in [1.82, 2.24) is 13.9 Å². The highest BCUT2D eigenvalue weighted by Crippen LogP contribution is 2.16. The van der Waals surface area contributed by atoms with Crippen LogP contribution < -0.4 is 16.6 Å². The summed E-state index contributed by atoms with van der Waals surface area (Å²) in [7, 11) is 0. The zero-order valence-electron chi connectivity index (χ0n) is 13.6. The number of nitrogens with one attached hydrogen (secondary N) is 1. The van der Waals surface area contributed by atoms with Crippen LogP contribution in [-0.2, 0) is 11.3 Å². The number of anilines is 1. The summed E-state index contributed by atoms with van der Waals surface area (Å²) in [4.78, 5) is 39.9. The van der Waals surface area contributed by atoms with E-state index in [-0.39, 0.29) is 28.4 Å². The normalized spacial score (nSPS) is 10.8. The number of primary amides is 1. The first-order chi connectivity index (χ1) is 11.8. The number of hydrogen-bond acceptors (Lipinski definition) is 6. The summed E-state index contributed by atoms with van der Waals surface area (Å²) in [5.74, 6) is -1.10. The lowest BCUT2D eigenvalue weighted by atomic mass is 10.1. The number of carbonyl (C=O) groups excluding carboxylic acids is 2. The van der Waals surface area contributed by atoms with Crippen molar-refractivity contribution < 1.29 is 9.59 Å². The summed E-state index contributed by atoms with van der Waals surface area (Å²) < 4.78 is 5.21. The number of rotatable bonds is 4. The van der Waals surface area contributed by atoms with Gasteiger partial charge in [-0.25, -0.2) is 4.98 Å². The van der Waals surface area contributed by atoms with Gasteiger partial charge in [0.15, 0.2) is 5.69 Å². The van der Waals surface area contributed by atoms with Crippen molar-refractivity contribution in [2.45, 2.75) is 20.4 Å². The summed E-state index contributed by atoms with van der Waals surface area (Å²) in [5.41, 5.74) is 7.60. The van der Waals surface area contributed by atoms with Crippen LogP contribution in [0.2, 0.25) is 0 Å². The molecule has 0 saturated carbocycles. The van der Waals surface area contributed by atoms with Crippen molar-refractivity contribution >= 4 is 39.3 Å². The summed E-state index contributed by atoms with van der Waals surface area (Å²) >= 11 is 0.840. The van der Waals surface area contributed by atoms with Crippen molar-refractivity contribution in [2.75, 3.05) is 5.32 Å². The van der Waals surface area contributed by atoms with Crippen LogP contribution in [0.1, 0.15) is 21.6 Å². The fourth-order valence-electron chi connectivity index (χ4n) is 2.53. The van der Waals surface area contributed by atoms with E-state index in [4.69, 9.17) is 5.73 Å². The molecule has 0 aliphatic heterocycles. The Morgan fingerprint density at radius 2 is 1.92 bits per heavy atom. The molecule has 3 rings (SSSR count). The van der Waals surface area contributed by atoms with Crippen molar-refractivity contribution in [2.24, 2.45) is 5.73 Å². The summed E-state index contributed by atoms with van der Waals surface area (Å²) in [6, 6.07) is 5.69. The lowest BCUT2D eigenvalue weighted by Gasteiger charge is -2.09. The first-order valence-corrected chi connectivity index (χ1v) is 8.15. The first-order valence-electron chi connectivity index (χ1n) is 7.38. The highest BCUT2D eigenvalue weighted by molar-refractivity contribution is 7.13. The molecule has 9 heteroatoms. The molecule has 2 amide bonds. The van der Waals surface area contributed by atoms with Gasteiger partial charge in [-0.2, -0.15) is 4.37 Å². The Labute approximate surface area is 146 Å². The zero-order valence-corrected chi connectivity index (χ0v) is 14.4. The predicted molar refractivity (Wildman–Crippen MR) is 94.7 cm³/mol. The molecule has 128 valence electrons. The van der Waals surface area contributed by atoms with Crippen LogP contribution in [0.3, 0.4) is 0 Å². The average Bonchev–Trinajstić information content (AvgIpc) is 2.94. The number of aryl methyl sites for hydroxylation is 2. The van der Waals surface area contributed by atoms with Crippen molar-refractivity contribution in [3.63, 3.8) is 0 Å². The Hall–Kier alpha value is -3.07. The molecule has 0 radical (unpaired) electrons. The van der Waals surface area contributed by atoms with Gasteiger partial charge in [0.25, 0.3) is 11.5 Å². The first kappa shape index (κ1) is 16.8. The van der Waals surface area contributed by atoms with Gasteiger partial charge in [0.1, 0.15) is 16.8 Å². The van der Waals surface area contributed by atoms with E-state index in [1.165, 1.54) is 10.9 Å². The van der Waals surface area contributed by atoms with Gasteiger partial charge in [0.2, 0.25) is 5.91 Å². The van der Waals surface area contributed by atoms with E-state index in [0.29, 0.717) is 5.69 Å². The third-order valence-electron chi connectivity index (χ3n) is 3.50. The van der Waals surface area contributed by atoms with E-state index in [0.717, 1.165) is 22.7 Å². The molecular formula is C16H15N5O3S. The molecule has 0 fully saturated rings. The van der Waals surface area contributed by atoms with E-state index >= 15 is 0 Å². The molecule has 2 heterocycles. The van der Waals surface area contributed by atoms with Gasteiger partial charge in [-0.05, 0) is 48.6 Å². The van der Waals surface area contributed by atoms with Crippen LogP contribution in [0.25, 0.3) is 10.2 Å². The Kier molecular flexibility index (Phi) is 4.32. The van der Waals surface area contributed by atoms with E-state index in [1.54, 1.807) is 0 Å². The quantitative estimate of drug-likeness (QED) is 0.727. The second-order valence-electron chi connectivity index (χ2n) is 5.68. The summed E-state index contributed by atoms with van der Waals surface area (Å²) in [5, 5.41) is 2.76. The van der Waals surface area contributed by atoms with Gasteiger partial charge in [0.05, 0.1) is 6.33 Å². The van der Waals surface area contributed by atoms with Crippen LogP contribution in [0.4, 0.5) is 5.69 Å². The minimum atomic E-state index is -0.747. The summed E-state index contributed by atoms with van der Waals surface area (Å²) in [6.45, 7) is 3.68. The Balaban J connectivity index is 1.85. The molecule has 3 N–H and O–H groups in total. The van der Waals surface area contributed by atoms with Crippen molar-refractivity contribution in [1.29, 1.82) is 0 Å². The Bertz CT molecular complexity index is 1030. The van der Waals surface area contributed by atoms with Crippen LogP contribution in [-0.4, -0.2) is 25.7 Å². The van der Waals surface area contributed by atoms with Crippen molar-refractivity contribution in [3.8, 4) is 0 Å². The van der Waals surface area contributed by atoms with Crippen LogP contribution in [0, 0.1) is 13.8 Å². The maximum absolute atomic E-state index is 12.4. The van der Waals surface area contributed by atoms with E-state index in [2.05, 4.69) is 14.7 Å². The molecule has 3 aromatic rings. The second-order valence-corrected chi connectivity index (χ2v) is 6.45. The minimum Gasteiger partial charge on any atom is -0.364 e. The number of carbonyl (C=O) groups is 2. The molecule has 0 spiro atoms. The number of aromatic nitrogens is 3. The number of nitrogens with zero attached hydrogens (tertiary/aromatic N) is 3. The molecule has 25 heavy (non-hydrogen) atoms. The molecule has 0 atom stereocenters. The molecule has 0 saturated heterocycles.